The third-order valence-corrected chi connectivity index (χ3v) is 3.71. The van der Waals surface area contributed by atoms with Crippen molar-refractivity contribution in [1.82, 2.24) is 14.8 Å². The fourth-order valence-corrected chi connectivity index (χ4v) is 2.39. The number of hydrogen-bond acceptors (Lipinski definition) is 5. The van der Waals surface area contributed by atoms with E-state index in [2.05, 4.69) is 22.4 Å². The average Bonchev–Trinajstić information content (AvgIpc) is 2.46. The van der Waals surface area contributed by atoms with Gasteiger partial charge in [-0.2, -0.15) is 0 Å². The second-order valence-electron chi connectivity index (χ2n) is 5.02. The lowest BCUT2D eigenvalue weighted by Crippen LogP contribution is -2.44. The number of aromatic nitrogens is 1. The topological polar surface area (TPSA) is 74.5 Å². The van der Waals surface area contributed by atoms with Crippen LogP contribution in [-0.2, 0) is 0 Å². The molecule has 0 spiro atoms. The number of nitrogens with two attached hydrogens (primary N) is 1. The second kappa shape index (κ2) is 5.99. The molecule has 1 aliphatic heterocycles. The van der Waals surface area contributed by atoms with Crippen molar-refractivity contribution >= 4 is 11.7 Å². The van der Waals surface area contributed by atoms with Gasteiger partial charge in [0.15, 0.2) is 0 Å². The Hall–Kier alpha value is -1.66. The number of rotatable bonds is 3. The van der Waals surface area contributed by atoms with Crippen LogP contribution in [0.2, 0.25) is 0 Å². The Bertz CT molecular complexity index is 442. The monoisotopic (exact) mass is 263 g/mol. The number of nitrogens with one attached hydrogen (secondary N) is 1. The number of carbonyl (C=O) groups is 1. The molecule has 1 amide bonds. The van der Waals surface area contributed by atoms with Gasteiger partial charge >= 0.3 is 0 Å². The van der Waals surface area contributed by atoms with Gasteiger partial charge in [-0.1, -0.05) is 0 Å². The van der Waals surface area contributed by atoms with Gasteiger partial charge in [0, 0.05) is 24.8 Å². The molecule has 0 unspecified atom stereocenters. The molecule has 0 atom stereocenters. The number of carbonyl (C=O) groups excluding carboxylic acids is 1. The minimum atomic E-state index is 0.0217. The summed E-state index contributed by atoms with van der Waals surface area (Å²) in [7, 11) is 3.98. The van der Waals surface area contributed by atoms with E-state index >= 15 is 0 Å². The van der Waals surface area contributed by atoms with Crippen LogP contribution < -0.4 is 11.3 Å². The highest BCUT2D eigenvalue weighted by Gasteiger charge is 2.24. The van der Waals surface area contributed by atoms with E-state index in [1.165, 1.54) is 0 Å². The lowest BCUT2D eigenvalue weighted by atomic mass is 10.0. The van der Waals surface area contributed by atoms with Gasteiger partial charge in [0.2, 0.25) is 0 Å². The molecule has 104 valence electrons. The third kappa shape index (κ3) is 3.21. The molecule has 0 saturated carbocycles. The van der Waals surface area contributed by atoms with E-state index in [4.69, 9.17) is 5.84 Å². The summed E-state index contributed by atoms with van der Waals surface area (Å²) in [6.45, 7) is 2.07. The molecule has 6 heteroatoms. The standard InChI is InChI=1S/C13H21N5O/c1-17-7-4-11(5-8-17)18(2)13(19)10-3-6-15-12(9-10)16-14/h3,6,9,11H,4-5,7-8,14H2,1-2H3,(H,15,16). The van der Waals surface area contributed by atoms with E-state index in [1.54, 1.807) is 18.3 Å². The maximum Gasteiger partial charge on any atom is 0.254 e. The Morgan fingerprint density at radius 2 is 2.21 bits per heavy atom. The smallest absolute Gasteiger partial charge is 0.254 e. The normalized spacial score (nSPS) is 17.2. The fourth-order valence-electron chi connectivity index (χ4n) is 2.39. The highest BCUT2D eigenvalue weighted by molar-refractivity contribution is 5.94. The van der Waals surface area contributed by atoms with Gasteiger partial charge in [0.1, 0.15) is 5.82 Å². The molecule has 1 aromatic rings. The highest BCUT2D eigenvalue weighted by atomic mass is 16.2. The zero-order valence-electron chi connectivity index (χ0n) is 11.5. The molecular formula is C13H21N5O. The molecule has 0 aliphatic carbocycles. The van der Waals surface area contributed by atoms with Gasteiger partial charge in [-0.25, -0.2) is 10.8 Å². The number of piperidine rings is 1. The molecule has 1 aromatic heterocycles. The largest absolute Gasteiger partial charge is 0.339 e. The number of hydrazine groups is 1. The van der Waals surface area contributed by atoms with Crippen molar-refractivity contribution in [1.29, 1.82) is 0 Å². The Morgan fingerprint density at radius 1 is 1.53 bits per heavy atom. The van der Waals surface area contributed by atoms with E-state index < -0.39 is 0 Å². The van der Waals surface area contributed by atoms with Crippen LogP contribution in [0.3, 0.4) is 0 Å². The SMILES string of the molecule is CN1CCC(N(C)C(=O)c2ccnc(NN)c2)CC1. The molecule has 0 bridgehead atoms. The number of likely N-dealkylation sites (tertiary alicyclic amines) is 1. The summed E-state index contributed by atoms with van der Waals surface area (Å²) in [4.78, 5) is 20.5. The summed E-state index contributed by atoms with van der Waals surface area (Å²) in [5, 5.41) is 0. The zero-order valence-corrected chi connectivity index (χ0v) is 11.5. The minimum Gasteiger partial charge on any atom is -0.339 e. The van der Waals surface area contributed by atoms with Crippen LogP contribution in [0.4, 0.5) is 5.82 Å². The quantitative estimate of drug-likeness (QED) is 0.615. The predicted octanol–water partition coefficient (Wildman–Crippen LogP) is 0.533. The lowest BCUT2D eigenvalue weighted by Gasteiger charge is -2.35. The van der Waals surface area contributed by atoms with Gasteiger partial charge in [0.05, 0.1) is 0 Å². The van der Waals surface area contributed by atoms with E-state index in [0.717, 1.165) is 25.9 Å². The van der Waals surface area contributed by atoms with E-state index in [-0.39, 0.29) is 5.91 Å². The summed E-state index contributed by atoms with van der Waals surface area (Å²) >= 11 is 0. The summed E-state index contributed by atoms with van der Waals surface area (Å²) < 4.78 is 0. The lowest BCUT2D eigenvalue weighted by molar-refractivity contribution is 0.0659. The van der Waals surface area contributed by atoms with Crippen molar-refractivity contribution in [2.75, 3.05) is 32.6 Å². The molecule has 1 aliphatic rings. The first-order valence-corrected chi connectivity index (χ1v) is 6.50. The fraction of sp³-hybridized carbons (Fsp3) is 0.538. The van der Waals surface area contributed by atoms with Crippen LogP contribution in [0.15, 0.2) is 18.3 Å². The van der Waals surface area contributed by atoms with Gasteiger partial charge in [-0.3, -0.25) is 4.79 Å². The number of anilines is 1. The third-order valence-electron chi connectivity index (χ3n) is 3.71. The molecule has 6 nitrogen and oxygen atoms in total. The van der Waals surface area contributed by atoms with Gasteiger partial charge in [-0.05, 0) is 45.1 Å². The second-order valence-corrected chi connectivity index (χ2v) is 5.02. The summed E-state index contributed by atoms with van der Waals surface area (Å²) in [5.74, 6) is 5.83. The Morgan fingerprint density at radius 3 is 2.84 bits per heavy atom. The molecule has 0 aromatic carbocycles. The van der Waals surface area contributed by atoms with Crippen LogP contribution in [0.25, 0.3) is 0 Å². The minimum absolute atomic E-state index is 0.0217. The maximum atomic E-state index is 12.4. The molecule has 0 radical (unpaired) electrons. The van der Waals surface area contributed by atoms with Crippen molar-refractivity contribution in [3.63, 3.8) is 0 Å². The molecule has 1 fully saturated rings. The molecule has 2 rings (SSSR count). The number of amides is 1. The van der Waals surface area contributed by atoms with Crippen LogP contribution in [-0.4, -0.2) is 53.9 Å². The molecule has 2 heterocycles. The number of nitrogens with zero attached hydrogens (tertiary/aromatic N) is 3. The van der Waals surface area contributed by atoms with Crippen LogP contribution in [0.5, 0.6) is 0 Å². The summed E-state index contributed by atoms with van der Waals surface area (Å²) in [6.07, 6.45) is 3.63. The molecule has 19 heavy (non-hydrogen) atoms. The highest BCUT2D eigenvalue weighted by Crippen LogP contribution is 2.17. The molecule has 1 saturated heterocycles. The average molecular weight is 263 g/mol. The number of hydrogen-bond donors (Lipinski definition) is 2. The Kier molecular flexibility index (Phi) is 4.34. The van der Waals surface area contributed by atoms with E-state index in [1.807, 2.05) is 11.9 Å². The molecule has 3 N–H and O–H groups in total. The zero-order chi connectivity index (χ0) is 13.8. The van der Waals surface area contributed by atoms with Crippen molar-refractivity contribution in [3.8, 4) is 0 Å². The van der Waals surface area contributed by atoms with Crippen LogP contribution in [0, 0.1) is 0 Å². The summed E-state index contributed by atoms with van der Waals surface area (Å²) in [5.41, 5.74) is 3.07. The van der Waals surface area contributed by atoms with Crippen LogP contribution in [0.1, 0.15) is 23.2 Å². The molecular weight excluding hydrogens is 242 g/mol. The van der Waals surface area contributed by atoms with Gasteiger partial charge in [-0.15, -0.1) is 0 Å². The van der Waals surface area contributed by atoms with E-state index in [0.29, 0.717) is 17.4 Å². The van der Waals surface area contributed by atoms with Crippen LogP contribution >= 0.6 is 0 Å². The number of pyridine rings is 1. The first-order chi connectivity index (χ1) is 9.11. The predicted molar refractivity (Wildman–Crippen MR) is 74.7 cm³/mol. The van der Waals surface area contributed by atoms with Crippen molar-refractivity contribution in [2.45, 2.75) is 18.9 Å². The van der Waals surface area contributed by atoms with Gasteiger partial charge in [0.25, 0.3) is 5.91 Å². The summed E-state index contributed by atoms with van der Waals surface area (Å²) in [6, 6.07) is 3.70. The van der Waals surface area contributed by atoms with Crippen molar-refractivity contribution in [3.05, 3.63) is 23.9 Å². The van der Waals surface area contributed by atoms with Crippen molar-refractivity contribution in [2.24, 2.45) is 5.84 Å². The maximum absolute atomic E-state index is 12.4. The van der Waals surface area contributed by atoms with Gasteiger partial charge < -0.3 is 15.2 Å². The van der Waals surface area contributed by atoms with Crippen molar-refractivity contribution < 1.29 is 4.79 Å². The number of nitrogen functional groups attached to an aromatic ring is 1. The van der Waals surface area contributed by atoms with E-state index in [9.17, 15) is 4.79 Å². The first-order valence-electron chi connectivity index (χ1n) is 6.50. The Balaban J connectivity index is 2.05. The first kappa shape index (κ1) is 13.8. The Labute approximate surface area is 113 Å².